The Hall–Kier alpha value is -6.39. The van der Waals surface area contributed by atoms with E-state index in [2.05, 4.69) is 119 Å². The van der Waals surface area contributed by atoms with E-state index in [1.165, 1.54) is 38.2 Å². The number of rotatable bonds is 6. The second kappa shape index (κ2) is 12.2. The standard InChI is InChI=1S/C43H30N4/c44-40-24-21-32(27-41(40)47-46-35-22-19-29(20-23-35)34-14-9-25-45-28-34)31-12-8-13-33(26-31)43-38-17-6-4-15-36(38)42(30-10-2-1-3-11-30)37-16-5-7-18-39(37)43/h1-28,44,46H/b44-40?,47-41-. The number of benzene rings is 6. The fraction of sp³-hybridized carbons (Fsp3) is 0. The molecule has 4 nitrogen and oxygen atoms in total. The Morgan fingerprint density at radius 3 is 1.77 bits per heavy atom. The van der Waals surface area contributed by atoms with E-state index in [9.17, 15) is 0 Å². The van der Waals surface area contributed by atoms with Gasteiger partial charge in [-0.15, -0.1) is 0 Å². The van der Waals surface area contributed by atoms with Gasteiger partial charge in [-0.3, -0.25) is 15.8 Å². The van der Waals surface area contributed by atoms with Gasteiger partial charge in [0.15, 0.2) is 0 Å². The van der Waals surface area contributed by atoms with Crippen LogP contribution < -0.4 is 5.43 Å². The summed E-state index contributed by atoms with van der Waals surface area (Å²) in [5, 5.41) is 18.1. The van der Waals surface area contributed by atoms with E-state index < -0.39 is 0 Å². The largest absolute Gasteiger partial charge is 0.299 e. The fourth-order valence-corrected chi connectivity index (χ4v) is 6.41. The molecule has 8 rings (SSSR count). The van der Waals surface area contributed by atoms with Crippen molar-refractivity contribution in [2.45, 2.75) is 0 Å². The van der Waals surface area contributed by atoms with Crippen molar-refractivity contribution in [3.63, 3.8) is 0 Å². The van der Waals surface area contributed by atoms with Crippen molar-refractivity contribution >= 4 is 44.2 Å². The Morgan fingerprint density at radius 2 is 1.11 bits per heavy atom. The van der Waals surface area contributed by atoms with Crippen molar-refractivity contribution in [3.8, 4) is 33.4 Å². The summed E-state index contributed by atoms with van der Waals surface area (Å²) in [5.74, 6) is 0. The predicted molar refractivity (Wildman–Crippen MR) is 198 cm³/mol. The van der Waals surface area contributed by atoms with Crippen LogP contribution in [-0.4, -0.2) is 16.4 Å². The van der Waals surface area contributed by atoms with Crippen molar-refractivity contribution in [1.29, 1.82) is 5.41 Å². The molecule has 6 aromatic carbocycles. The summed E-state index contributed by atoms with van der Waals surface area (Å²) in [6, 6.07) is 48.8. The van der Waals surface area contributed by atoms with Crippen molar-refractivity contribution in [1.82, 2.24) is 4.98 Å². The summed E-state index contributed by atoms with van der Waals surface area (Å²) in [6.07, 6.45) is 9.41. The molecule has 0 aliphatic heterocycles. The lowest BCUT2D eigenvalue weighted by atomic mass is 9.85. The van der Waals surface area contributed by atoms with Gasteiger partial charge in [-0.1, -0.05) is 121 Å². The fourth-order valence-electron chi connectivity index (χ4n) is 6.41. The Labute approximate surface area is 273 Å². The van der Waals surface area contributed by atoms with Crippen molar-refractivity contribution in [3.05, 3.63) is 176 Å². The number of fused-ring (bicyclic) bond motifs is 2. The SMILES string of the molecule is N=C1C=CC(c2cccc(-c3c4ccccc4c(-c4ccccc4)c4ccccc34)c2)=C/C1=N/Nc1ccc(-c2cccnc2)cc1. The van der Waals surface area contributed by atoms with Gasteiger partial charge >= 0.3 is 0 Å². The number of hydrazone groups is 1. The summed E-state index contributed by atoms with van der Waals surface area (Å²) in [6.45, 7) is 0. The highest BCUT2D eigenvalue weighted by atomic mass is 15.3. The number of hydrogen-bond donors (Lipinski definition) is 2. The number of hydrogen-bond acceptors (Lipinski definition) is 4. The number of anilines is 1. The third kappa shape index (κ3) is 5.43. The number of aromatic nitrogens is 1. The highest BCUT2D eigenvalue weighted by molar-refractivity contribution is 6.51. The van der Waals surface area contributed by atoms with Crippen LogP contribution in [0.15, 0.2) is 175 Å². The van der Waals surface area contributed by atoms with Gasteiger partial charge in [-0.05, 0) is 102 Å². The van der Waals surface area contributed by atoms with E-state index in [0.717, 1.165) is 33.5 Å². The smallest absolute Gasteiger partial charge is 0.109 e. The highest BCUT2D eigenvalue weighted by Gasteiger charge is 2.17. The van der Waals surface area contributed by atoms with Crippen LogP contribution in [0.1, 0.15) is 5.56 Å². The molecule has 0 spiro atoms. The molecule has 7 aromatic rings. The van der Waals surface area contributed by atoms with Crippen LogP contribution in [0, 0.1) is 5.41 Å². The van der Waals surface area contributed by atoms with E-state index in [4.69, 9.17) is 5.41 Å². The second-order valence-electron chi connectivity index (χ2n) is 11.6. The maximum absolute atomic E-state index is 8.55. The van der Waals surface area contributed by atoms with Gasteiger partial charge in [0.1, 0.15) is 5.71 Å². The first-order valence-electron chi connectivity index (χ1n) is 15.7. The van der Waals surface area contributed by atoms with Crippen molar-refractivity contribution in [2.75, 3.05) is 5.43 Å². The number of nitrogens with one attached hydrogen (secondary N) is 2. The molecule has 1 heterocycles. The Morgan fingerprint density at radius 1 is 0.511 bits per heavy atom. The molecule has 1 aliphatic rings. The molecule has 0 bridgehead atoms. The van der Waals surface area contributed by atoms with Crippen LogP contribution in [0.25, 0.3) is 60.5 Å². The molecule has 0 unspecified atom stereocenters. The minimum Gasteiger partial charge on any atom is -0.299 e. The van der Waals surface area contributed by atoms with Gasteiger partial charge in [0.2, 0.25) is 0 Å². The highest BCUT2D eigenvalue weighted by Crippen LogP contribution is 2.43. The molecular formula is C43H30N4. The third-order valence-corrected chi connectivity index (χ3v) is 8.66. The van der Waals surface area contributed by atoms with Gasteiger partial charge in [-0.2, -0.15) is 5.10 Å². The minimum absolute atomic E-state index is 0.359. The average Bonchev–Trinajstić information content (AvgIpc) is 3.14. The normalized spacial score (nSPS) is 13.7. The lowest BCUT2D eigenvalue weighted by Gasteiger charge is -2.18. The molecular weight excluding hydrogens is 573 g/mol. The number of pyridine rings is 1. The molecule has 1 aliphatic carbocycles. The topological polar surface area (TPSA) is 61.1 Å². The van der Waals surface area contributed by atoms with Gasteiger partial charge in [0, 0.05) is 12.4 Å². The van der Waals surface area contributed by atoms with Crippen LogP contribution in [0.5, 0.6) is 0 Å². The van der Waals surface area contributed by atoms with Crippen molar-refractivity contribution < 1.29 is 0 Å². The molecule has 0 saturated heterocycles. The van der Waals surface area contributed by atoms with Crippen LogP contribution in [-0.2, 0) is 0 Å². The van der Waals surface area contributed by atoms with E-state index in [-0.39, 0.29) is 0 Å². The van der Waals surface area contributed by atoms with E-state index in [1.54, 1.807) is 6.20 Å². The van der Waals surface area contributed by atoms with Crippen LogP contribution >= 0.6 is 0 Å². The summed E-state index contributed by atoms with van der Waals surface area (Å²) in [7, 11) is 0. The average molecular weight is 603 g/mol. The van der Waals surface area contributed by atoms with E-state index >= 15 is 0 Å². The lowest BCUT2D eigenvalue weighted by molar-refractivity contribution is 1.32. The number of nitrogens with zero attached hydrogens (tertiary/aromatic N) is 2. The zero-order valence-electron chi connectivity index (χ0n) is 25.6. The summed E-state index contributed by atoms with van der Waals surface area (Å²) in [4.78, 5) is 4.21. The van der Waals surface area contributed by atoms with Crippen LogP contribution in [0.4, 0.5) is 5.69 Å². The molecule has 0 radical (unpaired) electrons. The summed E-state index contributed by atoms with van der Waals surface area (Å²) in [5.41, 5.74) is 14.0. The monoisotopic (exact) mass is 602 g/mol. The second-order valence-corrected chi connectivity index (χ2v) is 11.6. The van der Waals surface area contributed by atoms with Crippen molar-refractivity contribution in [2.24, 2.45) is 5.10 Å². The predicted octanol–water partition coefficient (Wildman–Crippen LogP) is 10.8. The molecule has 0 saturated carbocycles. The molecule has 222 valence electrons. The molecule has 0 amide bonds. The maximum atomic E-state index is 8.55. The van der Waals surface area contributed by atoms with Crippen LogP contribution in [0.3, 0.4) is 0 Å². The van der Waals surface area contributed by atoms with Gasteiger partial charge < -0.3 is 0 Å². The Bertz CT molecular complexity index is 2310. The number of allylic oxidation sites excluding steroid dienone is 4. The first-order chi connectivity index (χ1) is 23.2. The molecule has 0 atom stereocenters. The third-order valence-electron chi connectivity index (χ3n) is 8.66. The van der Waals surface area contributed by atoms with Crippen LogP contribution in [0.2, 0.25) is 0 Å². The van der Waals surface area contributed by atoms with E-state index in [1.807, 2.05) is 60.8 Å². The van der Waals surface area contributed by atoms with Gasteiger partial charge in [-0.25, -0.2) is 0 Å². The zero-order chi connectivity index (χ0) is 31.6. The summed E-state index contributed by atoms with van der Waals surface area (Å²) < 4.78 is 0. The molecule has 1 aromatic heterocycles. The molecule has 47 heavy (non-hydrogen) atoms. The van der Waals surface area contributed by atoms with Gasteiger partial charge in [0.05, 0.1) is 11.4 Å². The summed E-state index contributed by atoms with van der Waals surface area (Å²) >= 11 is 0. The Balaban J connectivity index is 1.17. The first kappa shape index (κ1) is 28.1. The zero-order valence-corrected chi connectivity index (χ0v) is 25.6. The first-order valence-corrected chi connectivity index (χ1v) is 15.7. The lowest BCUT2D eigenvalue weighted by Crippen LogP contribution is -2.13. The molecule has 0 fully saturated rings. The maximum Gasteiger partial charge on any atom is 0.109 e. The molecule has 4 heteroatoms. The Kier molecular flexibility index (Phi) is 7.29. The van der Waals surface area contributed by atoms with E-state index in [0.29, 0.717) is 11.4 Å². The molecule has 2 N–H and O–H groups in total. The minimum atomic E-state index is 0.359. The van der Waals surface area contributed by atoms with Gasteiger partial charge in [0.25, 0.3) is 0 Å². The quantitative estimate of drug-likeness (QED) is 0.113.